The largest absolute Gasteiger partial charge is 0.478 e. The van der Waals surface area contributed by atoms with Crippen LogP contribution in [0.15, 0.2) is 12.1 Å². The molecule has 0 saturated heterocycles. The third kappa shape index (κ3) is 3.89. The molecular formula is C10H12Cl3NO2. The van der Waals surface area contributed by atoms with E-state index in [4.69, 9.17) is 44.3 Å². The highest BCUT2D eigenvalue weighted by atomic mass is 35.6. The highest BCUT2D eigenvalue weighted by molar-refractivity contribution is 6.66. The van der Waals surface area contributed by atoms with Crippen LogP contribution in [0.4, 0.5) is 0 Å². The molecule has 0 saturated carbocycles. The van der Waals surface area contributed by atoms with Crippen molar-refractivity contribution >= 4 is 34.8 Å². The summed E-state index contributed by atoms with van der Waals surface area (Å²) in [7, 11) is 0. The van der Waals surface area contributed by atoms with Gasteiger partial charge in [-0.2, -0.15) is 4.98 Å². The molecule has 0 N–H and O–H groups in total. The normalized spacial score (nSPS) is 11.3. The number of aromatic nitrogens is 1. The average molecular weight is 285 g/mol. The third-order valence-corrected chi connectivity index (χ3v) is 2.34. The van der Waals surface area contributed by atoms with Gasteiger partial charge in [-0.05, 0) is 13.8 Å². The van der Waals surface area contributed by atoms with Gasteiger partial charge in [0.05, 0.1) is 13.2 Å². The SMILES string of the molecule is CCOc1cc(C(Cl)(Cl)Cl)cc(OCC)n1. The van der Waals surface area contributed by atoms with Gasteiger partial charge in [0, 0.05) is 17.7 Å². The van der Waals surface area contributed by atoms with Gasteiger partial charge >= 0.3 is 0 Å². The van der Waals surface area contributed by atoms with Crippen molar-refractivity contribution in [1.29, 1.82) is 0 Å². The highest BCUT2D eigenvalue weighted by Crippen LogP contribution is 2.40. The molecule has 6 heteroatoms. The van der Waals surface area contributed by atoms with Crippen molar-refractivity contribution in [2.24, 2.45) is 0 Å². The van der Waals surface area contributed by atoms with Crippen molar-refractivity contribution in [2.45, 2.75) is 17.6 Å². The summed E-state index contributed by atoms with van der Waals surface area (Å²) in [6, 6.07) is 3.16. The minimum Gasteiger partial charge on any atom is -0.478 e. The molecule has 16 heavy (non-hydrogen) atoms. The van der Waals surface area contributed by atoms with Crippen molar-refractivity contribution in [3.8, 4) is 11.8 Å². The van der Waals surface area contributed by atoms with Gasteiger partial charge < -0.3 is 9.47 Å². The fourth-order valence-corrected chi connectivity index (χ4v) is 1.42. The Morgan fingerprint density at radius 3 is 1.81 bits per heavy atom. The maximum absolute atomic E-state index is 5.79. The zero-order chi connectivity index (χ0) is 12.2. The summed E-state index contributed by atoms with van der Waals surface area (Å²) in [6.07, 6.45) is 0. The molecule has 0 aliphatic rings. The lowest BCUT2D eigenvalue weighted by molar-refractivity contribution is 0.298. The minimum atomic E-state index is -1.51. The molecule has 0 aromatic carbocycles. The number of hydrogen-bond donors (Lipinski definition) is 0. The van der Waals surface area contributed by atoms with Gasteiger partial charge in [0.15, 0.2) is 0 Å². The van der Waals surface area contributed by atoms with Crippen LogP contribution in [0.3, 0.4) is 0 Å². The van der Waals surface area contributed by atoms with Crippen LogP contribution >= 0.6 is 34.8 Å². The Morgan fingerprint density at radius 1 is 1.06 bits per heavy atom. The molecule has 1 heterocycles. The average Bonchev–Trinajstić information content (AvgIpc) is 2.17. The summed E-state index contributed by atoms with van der Waals surface area (Å²) in [5.41, 5.74) is 0.472. The van der Waals surface area contributed by atoms with Crippen molar-refractivity contribution in [2.75, 3.05) is 13.2 Å². The Balaban J connectivity index is 3.08. The topological polar surface area (TPSA) is 31.4 Å². The summed E-state index contributed by atoms with van der Waals surface area (Å²) in [4.78, 5) is 4.11. The standard InChI is InChI=1S/C10H12Cl3NO2/c1-3-15-8-5-7(10(11,12)13)6-9(14-8)16-4-2/h5-6H,3-4H2,1-2H3. The molecule has 1 aromatic rings. The zero-order valence-corrected chi connectivity index (χ0v) is 11.2. The van der Waals surface area contributed by atoms with Crippen molar-refractivity contribution in [1.82, 2.24) is 4.98 Å². The summed E-state index contributed by atoms with van der Waals surface area (Å²) in [5, 5.41) is 0. The number of hydrogen-bond acceptors (Lipinski definition) is 3. The van der Waals surface area contributed by atoms with Crippen molar-refractivity contribution in [3.63, 3.8) is 0 Å². The van der Waals surface area contributed by atoms with Gasteiger partial charge in [0.2, 0.25) is 15.6 Å². The summed E-state index contributed by atoms with van der Waals surface area (Å²) in [6.45, 7) is 4.68. The van der Waals surface area contributed by atoms with Crippen LogP contribution in [0.25, 0.3) is 0 Å². The Morgan fingerprint density at radius 2 is 1.50 bits per heavy atom. The van der Waals surface area contributed by atoms with Crippen LogP contribution in [0.2, 0.25) is 0 Å². The molecule has 3 nitrogen and oxygen atoms in total. The van der Waals surface area contributed by atoms with E-state index >= 15 is 0 Å². The van der Waals surface area contributed by atoms with Crippen molar-refractivity contribution < 1.29 is 9.47 Å². The molecule has 0 radical (unpaired) electrons. The fraction of sp³-hybridized carbons (Fsp3) is 0.500. The van der Waals surface area contributed by atoms with E-state index < -0.39 is 3.79 Å². The quantitative estimate of drug-likeness (QED) is 0.790. The van der Waals surface area contributed by atoms with E-state index in [-0.39, 0.29) is 0 Å². The third-order valence-electron chi connectivity index (χ3n) is 1.69. The molecule has 0 spiro atoms. The van der Waals surface area contributed by atoms with E-state index in [9.17, 15) is 0 Å². The zero-order valence-electron chi connectivity index (χ0n) is 8.97. The number of alkyl halides is 3. The molecule has 0 bridgehead atoms. The monoisotopic (exact) mass is 283 g/mol. The first-order chi connectivity index (χ1) is 7.47. The lowest BCUT2D eigenvalue weighted by Crippen LogP contribution is -2.05. The lowest BCUT2D eigenvalue weighted by Gasteiger charge is -2.14. The van der Waals surface area contributed by atoms with Gasteiger partial charge in [-0.15, -0.1) is 0 Å². The second-order valence-corrected chi connectivity index (χ2v) is 5.18. The highest BCUT2D eigenvalue weighted by Gasteiger charge is 2.25. The molecule has 0 aliphatic carbocycles. The number of halogens is 3. The van der Waals surface area contributed by atoms with Crippen LogP contribution in [-0.2, 0) is 3.79 Å². The van der Waals surface area contributed by atoms with E-state index in [1.807, 2.05) is 13.8 Å². The molecule has 90 valence electrons. The van der Waals surface area contributed by atoms with E-state index in [1.165, 1.54) is 0 Å². The molecule has 0 amide bonds. The second-order valence-electron chi connectivity index (χ2n) is 2.90. The van der Waals surface area contributed by atoms with Crippen LogP contribution in [0, 0.1) is 0 Å². The molecule has 1 rings (SSSR count). The molecule has 0 aliphatic heterocycles. The first kappa shape index (κ1) is 13.7. The second kappa shape index (κ2) is 5.80. The minimum absolute atomic E-state index is 0.384. The van der Waals surface area contributed by atoms with Gasteiger partial charge in [-0.3, -0.25) is 0 Å². The number of ether oxygens (including phenoxy) is 2. The molecule has 0 unspecified atom stereocenters. The molecular weight excluding hydrogens is 272 g/mol. The number of rotatable bonds is 4. The Kier molecular flexibility index (Phi) is 4.96. The number of nitrogens with zero attached hydrogens (tertiary/aromatic N) is 1. The van der Waals surface area contributed by atoms with E-state index in [0.29, 0.717) is 30.5 Å². The first-order valence-corrected chi connectivity index (χ1v) is 5.95. The smallest absolute Gasteiger partial charge is 0.216 e. The predicted molar refractivity (Wildman–Crippen MR) is 65.8 cm³/mol. The van der Waals surface area contributed by atoms with Gasteiger partial charge in [0.25, 0.3) is 0 Å². The Hall–Kier alpha value is -0.380. The lowest BCUT2D eigenvalue weighted by atomic mass is 10.3. The van der Waals surface area contributed by atoms with Crippen molar-refractivity contribution in [3.05, 3.63) is 17.7 Å². The Labute approximate surface area is 110 Å². The fourth-order valence-electron chi connectivity index (χ4n) is 1.09. The van der Waals surface area contributed by atoms with Gasteiger partial charge in [0.1, 0.15) is 0 Å². The Bertz CT molecular complexity index is 328. The maximum Gasteiger partial charge on any atom is 0.216 e. The van der Waals surface area contributed by atoms with E-state index in [2.05, 4.69) is 4.98 Å². The van der Waals surface area contributed by atoms with E-state index in [1.54, 1.807) is 12.1 Å². The van der Waals surface area contributed by atoms with Crippen LogP contribution < -0.4 is 9.47 Å². The van der Waals surface area contributed by atoms with Gasteiger partial charge in [-0.25, -0.2) is 0 Å². The maximum atomic E-state index is 5.79. The summed E-state index contributed by atoms with van der Waals surface area (Å²) < 4.78 is 9.01. The van der Waals surface area contributed by atoms with Crippen LogP contribution in [-0.4, -0.2) is 18.2 Å². The van der Waals surface area contributed by atoms with E-state index in [0.717, 1.165) is 0 Å². The summed E-state index contributed by atoms with van der Waals surface area (Å²) >= 11 is 17.4. The molecule has 0 atom stereocenters. The molecule has 1 aromatic heterocycles. The van der Waals surface area contributed by atoms with Gasteiger partial charge in [-0.1, -0.05) is 34.8 Å². The number of pyridine rings is 1. The predicted octanol–water partition coefficient (Wildman–Crippen LogP) is 3.71. The van der Waals surface area contributed by atoms with Crippen LogP contribution in [0.5, 0.6) is 11.8 Å². The van der Waals surface area contributed by atoms with Crippen LogP contribution in [0.1, 0.15) is 19.4 Å². The first-order valence-electron chi connectivity index (χ1n) is 4.82. The summed E-state index contributed by atoms with van der Waals surface area (Å²) in [5.74, 6) is 0.768. The molecule has 0 fully saturated rings.